The number of rotatable bonds is 6. The summed E-state index contributed by atoms with van der Waals surface area (Å²) in [5.41, 5.74) is -0.729. The Bertz CT molecular complexity index is 721. The number of carbonyl (C=O) groups is 3. The molecule has 134 valence electrons. The van der Waals surface area contributed by atoms with Gasteiger partial charge in [0.1, 0.15) is 10.5 Å². The molecule has 4 amide bonds. The topological polar surface area (TPSA) is 135 Å². The fraction of sp³-hybridized carbons (Fsp3) is 0.533. The molecule has 1 spiro atoms. The summed E-state index contributed by atoms with van der Waals surface area (Å²) in [5, 5.41) is 15.8. The summed E-state index contributed by atoms with van der Waals surface area (Å²) < 4.78 is 4.80. The van der Waals surface area contributed by atoms with E-state index in [9.17, 15) is 24.5 Å². The van der Waals surface area contributed by atoms with Gasteiger partial charge in [-0.2, -0.15) is 0 Å². The first-order valence-corrected chi connectivity index (χ1v) is 8.09. The zero-order valence-electron chi connectivity index (χ0n) is 13.4. The minimum Gasteiger partial charge on any atom is -0.395 e. The van der Waals surface area contributed by atoms with Crippen LogP contribution in [0.2, 0.25) is 0 Å². The van der Waals surface area contributed by atoms with Gasteiger partial charge in [-0.05, 0) is 25.3 Å². The molecule has 1 aromatic heterocycles. The largest absolute Gasteiger partial charge is 0.433 e. The van der Waals surface area contributed by atoms with Gasteiger partial charge >= 0.3 is 11.9 Å². The third kappa shape index (κ3) is 3.19. The van der Waals surface area contributed by atoms with Crippen molar-refractivity contribution in [3.05, 3.63) is 28.0 Å². The first-order chi connectivity index (χ1) is 11.9. The van der Waals surface area contributed by atoms with Crippen molar-refractivity contribution in [1.82, 2.24) is 15.5 Å². The maximum Gasteiger partial charge on any atom is 0.433 e. The summed E-state index contributed by atoms with van der Waals surface area (Å²) in [4.78, 5) is 47.2. The van der Waals surface area contributed by atoms with Crippen molar-refractivity contribution in [2.45, 2.75) is 37.6 Å². The number of nitro groups is 1. The quantitative estimate of drug-likeness (QED) is 0.342. The van der Waals surface area contributed by atoms with Crippen LogP contribution in [0.25, 0.3) is 0 Å². The van der Waals surface area contributed by atoms with E-state index >= 15 is 0 Å². The highest BCUT2D eigenvalue weighted by atomic mass is 16.6. The number of nitrogens with one attached hydrogen (secondary N) is 2. The molecule has 1 aromatic rings. The maximum absolute atomic E-state index is 12.4. The molecule has 10 nitrogen and oxygen atoms in total. The van der Waals surface area contributed by atoms with Gasteiger partial charge in [0.25, 0.3) is 11.8 Å². The number of hydrogen-bond acceptors (Lipinski definition) is 6. The number of hydrogen-bond donors (Lipinski definition) is 2. The summed E-state index contributed by atoms with van der Waals surface area (Å²) in [5.74, 6) is -1.45. The van der Waals surface area contributed by atoms with Crippen LogP contribution in [0.5, 0.6) is 0 Å². The van der Waals surface area contributed by atoms with Crippen LogP contribution >= 0.6 is 0 Å². The van der Waals surface area contributed by atoms with Crippen LogP contribution in [0.15, 0.2) is 16.5 Å². The lowest BCUT2D eigenvalue weighted by atomic mass is 9.98. The lowest BCUT2D eigenvalue weighted by molar-refractivity contribution is -0.402. The van der Waals surface area contributed by atoms with E-state index in [-0.39, 0.29) is 30.8 Å². The zero-order chi connectivity index (χ0) is 18.0. The van der Waals surface area contributed by atoms with Gasteiger partial charge in [0.05, 0.1) is 6.07 Å². The second-order valence-corrected chi connectivity index (χ2v) is 6.18. The number of urea groups is 1. The molecule has 3 rings (SSSR count). The van der Waals surface area contributed by atoms with Crippen LogP contribution in [0.1, 0.15) is 42.7 Å². The van der Waals surface area contributed by atoms with Gasteiger partial charge in [-0.1, -0.05) is 12.8 Å². The molecule has 25 heavy (non-hydrogen) atoms. The Balaban J connectivity index is 1.46. The SMILES string of the molecule is O=C(NCCCN1C(=O)NC2(CCCC2)C1=O)c1ccc([N+](=O)[O-])o1. The van der Waals surface area contributed by atoms with Gasteiger partial charge in [0, 0.05) is 13.1 Å². The third-order valence-corrected chi connectivity index (χ3v) is 4.54. The number of furan rings is 1. The Labute approximate surface area is 142 Å². The molecule has 1 saturated heterocycles. The molecule has 10 heteroatoms. The average Bonchev–Trinajstić information content (AvgIpc) is 3.27. The highest BCUT2D eigenvalue weighted by molar-refractivity contribution is 6.07. The molecular formula is C15H18N4O6. The number of carbonyl (C=O) groups excluding carboxylic acids is 3. The molecule has 2 heterocycles. The molecular weight excluding hydrogens is 332 g/mol. The van der Waals surface area contributed by atoms with Gasteiger partial charge in [-0.15, -0.1) is 0 Å². The maximum atomic E-state index is 12.4. The van der Waals surface area contributed by atoms with Crippen molar-refractivity contribution in [2.24, 2.45) is 0 Å². The average molecular weight is 350 g/mol. The summed E-state index contributed by atoms with van der Waals surface area (Å²) in [7, 11) is 0. The fourth-order valence-corrected chi connectivity index (χ4v) is 3.27. The van der Waals surface area contributed by atoms with Crippen molar-refractivity contribution in [3.63, 3.8) is 0 Å². The predicted octanol–water partition coefficient (Wildman–Crippen LogP) is 1.17. The van der Waals surface area contributed by atoms with Crippen LogP contribution in [-0.4, -0.2) is 46.3 Å². The van der Waals surface area contributed by atoms with E-state index in [0.717, 1.165) is 18.9 Å². The Hall–Kier alpha value is -2.91. The highest BCUT2D eigenvalue weighted by Crippen LogP contribution is 2.34. The molecule has 0 atom stereocenters. The second-order valence-electron chi connectivity index (χ2n) is 6.18. The van der Waals surface area contributed by atoms with Gasteiger partial charge in [-0.25, -0.2) is 4.79 Å². The minimum atomic E-state index is -0.729. The molecule has 1 aliphatic carbocycles. The van der Waals surface area contributed by atoms with Crippen molar-refractivity contribution < 1.29 is 23.7 Å². The number of nitrogens with zero attached hydrogens (tertiary/aromatic N) is 2. The van der Waals surface area contributed by atoms with E-state index in [2.05, 4.69) is 10.6 Å². The van der Waals surface area contributed by atoms with Gasteiger partial charge < -0.3 is 15.1 Å². The standard InChI is InChI=1S/C15H18N4O6/c20-12(10-4-5-11(25-10)19(23)24)16-8-3-9-18-13(21)15(17-14(18)22)6-1-2-7-15/h4-5H,1-3,6-9H2,(H,16,20)(H,17,22). The van der Waals surface area contributed by atoms with E-state index < -0.39 is 22.3 Å². The predicted molar refractivity (Wildman–Crippen MR) is 83.8 cm³/mol. The van der Waals surface area contributed by atoms with Crippen LogP contribution in [0.3, 0.4) is 0 Å². The molecule has 2 fully saturated rings. The van der Waals surface area contributed by atoms with Crippen molar-refractivity contribution in [3.8, 4) is 0 Å². The summed E-state index contributed by atoms with van der Waals surface area (Å²) in [6.45, 7) is 0.405. The number of imide groups is 1. The van der Waals surface area contributed by atoms with E-state index in [4.69, 9.17) is 4.42 Å². The van der Waals surface area contributed by atoms with E-state index in [1.54, 1.807) is 0 Å². The van der Waals surface area contributed by atoms with E-state index in [1.165, 1.54) is 11.0 Å². The normalized spacial score (nSPS) is 18.6. The Morgan fingerprint density at radius 1 is 1.36 bits per heavy atom. The van der Waals surface area contributed by atoms with E-state index in [0.29, 0.717) is 19.3 Å². The van der Waals surface area contributed by atoms with Crippen LogP contribution in [-0.2, 0) is 4.79 Å². The Morgan fingerprint density at radius 3 is 2.72 bits per heavy atom. The zero-order valence-corrected chi connectivity index (χ0v) is 13.4. The van der Waals surface area contributed by atoms with E-state index in [1.807, 2.05) is 0 Å². The van der Waals surface area contributed by atoms with Crippen LogP contribution < -0.4 is 10.6 Å². The summed E-state index contributed by atoms with van der Waals surface area (Å²) >= 11 is 0. The lowest BCUT2D eigenvalue weighted by Gasteiger charge is -2.20. The highest BCUT2D eigenvalue weighted by Gasteiger charge is 2.51. The molecule has 0 unspecified atom stereocenters. The van der Waals surface area contributed by atoms with Crippen molar-refractivity contribution >= 4 is 23.7 Å². The first-order valence-electron chi connectivity index (χ1n) is 8.09. The first kappa shape index (κ1) is 16.9. The van der Waals surface area contributed by atoms with Gasteiger partial charge in [-0.3, -0.25) is 24.6 Å². The smallest absolute Gasteiger partial charge is 0.395 e. The minimum absolute atomic E-state index is 0.161. The summed E-state index contributed by atoms with van der Waals surface area (Å²) in [6, 6.07) is 1.93. The van der Waals surface area contributed by atoms with Gasteiger partial charge in [0.15, 0.2) is 5.76 Å². The number of amides is 4. The fourth-order valence-electron chi connectivity index (χ4n) is 3.27. The van der Waals surface area contributed by atoms with Crippen LogP contribution in [0.4, 0.5) is 10.7 Å². The second kappa shape index (κ2) is 6.54. The lowest BCUT2D eigenvalue weighted by Crippen LogP contribution is -2.44. The van der Waals surface area contributed by atoms with Crippen LogP contribution in [0, 0.1) is 10.1 Å². The molecule has 1 aliphatic heterocycles. The molecule has 2 N–H and O–H groups in total. The van der Waals surface area contributed by atoms with Crippen molar-refractivity contribution in [2.75, 3.05) is 13.1 Å². The molecule has 0 radical (unpaired) electrons. The molecule has 1 saturated carbocycles. The molecule has 2 aliphatic rings. The Kier molecular flexibility index (Phi) is 4.43. The van der Waals surface area contributed by atoms with Gasteiger partial charge in [0.2, 0.25) is 0 Å². The Morgan fingerprint density at radius 2 is 2.08 bits per heavy atom. The monoisotopic (exact) mass is 350 g/mol. The molecule has 0 aromatic carbocycles. The molecule has 0 bridgehead atoms. The summed E-state index contributed by atoms with van der Waals surface area (Å²) in [6.07, 6.45) is 3.56. The third-order valence-electron chi connectivity index (χ3n) is 4.54. The van der Waals surface area contributed by atoms with Crippen molar-refractivity contribution in [1.29, 1.82) is 0 Å².